The molecule has 3 aromatic rings. The second-order valence-corrected chi connectivity index (χ2v) is 7.01. The van der Waals surface area contributed by atoms with Gasteiger partial charge in [-0.1, -0.05) is 36.4 Å². The largest absolute Gasteiger partial charge is 0.331 e. The molecule has 1 aromatic carbocycles. The number of pyridine rings is 1. The predicted octanol–water partition coefficient (Wildman–Crippen LogP) is 3.86. The number of thiophene rings is 1. The maximum absolute atomic E-state index is 13.0. The minimum atomic E-state index is -0.0453. The number of carbonyl (C=O) groups is 1. The lowest BCUT2D eigenvalue weighted by Crippen LogP contribution is -2.41. The number of amides is 1. The summed E-state index contributed by atoms with van der Waals surface area (Å²) in [5.41, 5.74) is 3.62. The van der Waals surface area contributed by atoms with Gasteiger partial charge in [-0.2, -0.15) is 0 Å². The van der Waals surface area contributed by atoms with E-state index in [-0.39, 0.29) is 11.9 Å². The first-order valence-corrected chi connectivity index (χ1v) is 9.00. The van der Waals surface area contributed by atoms with Crippen molar-refractivity contribution >= 4 is 17.2 Å². The molecule has 1 amide bonds. The molecule has 0 saturated carbocycles. The summed E-state index contributed by atoms with van der Waals surface area (Å²) in [5.74, 6) is 0.181. The van der Waals surface area contributed by atoms with Gasteiger partial charge in [-0.05, 0) is 40.6 Å². The number of hydrogen-bond donors (Lipinski definition) is 0. The van der Waals surface area contributed by atoms with Crippen LogP contribution in [0.1, 0.15) is 27.6 Å². The summed E-state index contributed by atoms with van der Waals surface area (Å²) >= 11 is 1.64. The first kappa shape index (κ1) is 15.1. The van der Waals surface area contributed by atoms with E-state index in [2.05, 4.69) is 35.3 Å². The van der Waals surface area contributed by atoms with Crippen LogP contribution in [-0.4, -0.2) is 22.3 Å². The molecule has 0 radical (unpaired) electrons. The van der Waals surface area contributed by atoms with Crippen LogP contribution in [0.25, 0.3) is 0 Å². The zero-order valence-corrected chi connectivity index (χ0v) is 14.1. The monoisotopic (exact) mass is 334 g/mol. The van der Waals surface area contributed by atoms with Gasteiger partial charge in [-0.25, -0.2) is 0 Å². The average Bonchev–Trinajstić information content (AvgIpc) is 3.14. The Bertz CT molecular complexity index is 830. The Morgan fingerprint density at radius 1 is 1.17 bits per heavy atom. The van der Waals surface area contributed by atoms with Gasteiger partial charge in [0.1, 0.15) is 0 Å². The van der Waals surface area contributed by atoms with E-state index in [1.807, 2.05) is 34.7 Å². The Morgan fingerprint density at radius 3 is 2.88 bits per heavy atom. The van der Waals surface area contributed by atoms with Crippen LogP contribution in [0.4, 0.5) is 0 Å². The summed E-state index contributed by atoms with van der Waals surface area (Å²) in [6.45, 7) is 0.751. The molecule has 0 bridgehead atoms. The van der Waals surface area contributed by atoms with E-state index < -0.39 is 0 Å². The minimum absolute atomic E-state index is 0.0453. The third kappa shape index (κ3) is 2.85. The lowest BCUT2D eigenvalue weighted by atomic mass is 9.88. The zero-order chi connectivity index (χ0) is 16.4. The highest BCUT2D eigenvalue weighted by molar-refractivity contribution is 7.10. The van der Waals surface area contributed by atoms with Gasteiger partial charge in [-0.3, -0.25) is 9.78 Å². The summed E-state index contributed by atoms with van der Waals surface area (Å²) in [7, 11) is 0. The van der Waals surface area contributed by atoms with Crippen LogP contribution < -0.4 is 0 Å². The normalized spacial score (nSPS) is 16.7. The minimum Gasteiger partial charge on any atom is -0.331 e. The van der Waals surface area contributed by atoms with Gasteiger partial charge in [0.2, 0.25) is 5.91 Å². The van der Waals surface area contributed by atoms with Crippen LogP contribution >= 0.6 is 11.3 Å². The highest BCUT2D eigenvalue weighted by atomic mass is 32.1. The number of nitrogens with zero attached hydrogens (tertiary/aromatic N) is 2. The fourth-order valence-electron chi connectivity index (χ4n) is 3.40. The molecule has 1 aliphatic heterocycles. The molecule has 1 unspecified atom stereocenters. The van der Waals surface area contributed by atoms with Crippen molar-refractivity contribution in [1.82, 2.24) is 9.88 Å². The molecule has 4 heteroatoms. The summed E-state index contributed by atoms with van der Waals surface area (Å²) in [4.78, 5) is 20.4. The number of rotatable bonds is 3. The van der Waals surface area contributed by atoms with Gasteiger partial charge in [0, 0.05) is 23.8 Å². The molecule has 3 heterocycles. The molecule has 0 N–H and O–H groups in total. The van der Waals surface area contributed by atoms with Gasteiger partial charge >= 0.3 is 0 Å². The van der Waals surface area contributed by atoms with Crippen molar-refractivity contribution in [3.8, 4) is 0 Å². The highest BCUT2D eigenvalue weighted by Crippen LogP contribution is 2.35. The van der Waals surface area contributed by atoms with Crippen molar-refractivity contribution in [2.45, 2.75) is 18.9 Å². The zero-order valence-electron chi connectivity index (χ0n) is 13.3. The Morgan fingerprint density at radius 2 is 2.08 bits per heavy atom. The summed E-state index contributed by atoms with van der Waals surface area (Å²) in [5, 5.41) is 2.02. The summed E-state index contributed by atoms with van der Waals surface area (Å²) in [6.07, 6.45) is 5.02. The van der Waals surface area contributed by atoms with E-state index in [1.54, 1.807) is 17.5 Å². The van der Waals surface area contributed by atoms with Crippen LogP contribution in [0, 0.1) is 0 Å². The van der Waals surface area contributed by atoms with Gasteiger partial charge < -0.3 is 4.90 Å². The standard InChI is InChI=1S/C20H18N2OS/c23-19(13-17-7-4-12-24-17)22-11-9-15-5-1-2-8-18(15)20(22)16-6-3-10-21-14-16/h1-8,10,12,14,20H,9,11,13H2. The molecular formula is C20H18N2OS. The van der Waals surface area contributed by atoms with E-state index >= 15 is 0 Å². The number of aromatic nitrogens is 1. The number of fused-ring (bicyclic) bond motifs is 1. The van der Waals surface area contributed by atoms with Crippen molar-refractivity contribution in [2.24, 2.45) is 0 Å². The SMILES string of the molecule is O=C(Cc1cccs1)N1CCc2ccccc2C1c1cccnc1. The van der Waals surface area contributed by atoms with E-state index in [1.165, 1.54) is 11.1 Å². The second-order valence-electron chi connectivity index (χ2n) is 5.98. The van der Waals surface area contributed by atoms with E-state index in [0.29, 0.717) is 6.42 Å². The van der Waals surface area contributed by atoms with Crippen LogP contribution in [0.5, 0.6) is 0 Å². The van der Waals surface area contributed by atoms with Crippen LogP contribution in [0.3, 0.4) is 0 Å². The molecular weight excluding hydrogens is 316 g/mol. The van der Waals surface area contributed by atoms with Crippen molar-refractivity contribution < 1.29 is 4.79 Å². The molecule has 0 aliphatic carbocycles. The molecule has 3 nitrogen and oxygen atoms in total. The molecule has 0 saturated heterocycles. The Labute approximate surface area is 145 Å². The lowest BCUT2D eigenvalue weighted by Gasteiger charge is -2.37. The van der Waals surface area contributed by atoms with Gasteiger partial charge in [0.15, 0.2) is 0 Å². The van der Waals surface area contributed by atoms with Crippen LogP contribution in [0.2, 0.25) is 0 Å². The Hall–Kier alpha value is -2.46. The molecule has 0 fully saturated rings. The Balaban J connectivity index is 1.72. The van der Waals surface area contributed by atoms with Crippen molar-refractivity contribution in [1.29, 1.82) is 0 Å². The highest BCUT2D eigenvalue weighted by Gasteiger charge is 2.31. The van der Waals surface area contributed by atoms with Gasteiger partial charge in [-0.15, -0.1) is 11.3 Å². The molecule has 120 valence electrons. The van der Waals surface area contributed by atoms with E-state index in [4.69, 9.17) is 0 Å². The number of carbonyl (C=O) groups excluding carboxylic acids is 1. The molecule has 24 heavy (non-hydrogen) atoms. The van der Waals surface area contributed by atoms with Crippen LogP contribution in [0.15, 0.2) is 66.3 Å². The van der Waals surface area contributed by atoms with Gasteiger partial charge in [0.25, 0.3) is 0 Å². The second kappa shape index (κ2) is 6.57. The maximum Gasteiger partial charge on any atom is 0.228 e. The fourth-order valence-corrected chi connectivity index (χ4v) is 4.09. The first-order chi connectivity index (χ1) is 11.8. The molecule has 2 aromatic heterocycles. The van der Waals surface area contributed by atoms with Crippen LogP contribution in [-0.2, 0) is 17.6 Å². The smallest absolute Gasteiger partial charge is 0.228 e. The summed E-state index contributed by atoms with van der Waals surface area (Å²) < 4.78 is 0. The molecule has 0 spiro atoms. The fraction of sp³-hybridized carbons (Fsp3) is 0.200. The third-order valence-electron chi connectivity index (χ3n) is 4.51. The third-order valence-corrected chi connectivity index (χ3v) is 5.39. The quantitative estimate of drug-likeness (QED) is 0.729. The molecule has 1 aliphatic rings. The predicted molar refractivity (Wildman–Crippen MR) is 96.0 cm³/mol. The van der Waals surface area contributed by atoms with Crippen molar-refractivity contribution in [2.75, 3.05) is 6.54 Å². The number of benzene rings is 1. The molecule has 1 atom stereocenters. The Kier molecular flexibility index (Phi) is 4.13. The van der Waals surface area contributed by atoms with Crippen molar-refractivity contribution in [3.05, 3.63) is 87.9 Å². The number of hydrogen-bond acceptors (Lipinski definition) is 3. The van der Waals surface area contributed by atoms with E-state index in [9.17, 15) is 4.79 Å². The average molecular weight is 334 g/mol. The summed E-state index contributed by atoms with van der Waals surface area (Å²) in [6, 6.07) is 16.4. The van der Waals surface area contributed by atoms with E-state index in [0.717, 1.165) is 23.4 Å². The first-order valence-electron chi connectivity index (χ1n) is 8.12. The lowest BCUT2D eigenvalue weighted by molar-refractivity contribution is -0.132. The maximum atomic E-state index is 13.0. The molecule has 4 rings (SSSR count). The topological polar surface area (TPSA) is 33.2 Å². The van der Waals surface area contributed by atoms with Gasteiger partial charge in [0.05, 0.1) is 12.5 Å². The van der Waals surface area contributed by atoms with Crippen molar-refractivity contribution in [3.63, 3.8) is 0 Å².